The Hall–Kier alpha value is -3.76. The molecule has 0 spiro atoms. The molecule has 3 aromatic rings. The van der Waals surface area contributed by atoms with Gasteiger partial charge in [-0.05, 0) is 36.2 Å². The Labute approximate surface area is 239 Å². The van der Waals surface area contributed by atoms with Gasteiger partial charge in [0.2, 0.25) is 21.8 Å². The summed E-state index contributed by atoms with van der Waals surface area (Å²) in [7, 11) is -3.91. The first-order valence-corrected chi connectivity index (χ1v) is 15.1. The minimum Gasteiger partial charge on any atom is -0.486 e. The molecule has 0 aliphatic carbocycles. The third-order valence-electron chi connectivity index (χ3n) is 6.41. The minimum atomic E-state index is -3.91. The molecule has 0 saturated carbocycles. The van der Waals surface area contributed by atoms with Gasteiger partial charge < -0.3 is 19.7 Å². The first kappa shape index (κ1) is 29.2. The van der Waals surface area contributed by atoms with E-state index in [4.69, 9.17) is 21.1 Å². The van der Waals surface area contributed by atoms with Gasteiger partial charge in [-0.15, -0.1) is 0 Å². The van der Waals surface area contributed by atoms with Gasteiger partial charge in [-0.3, -0.25) is 13.9 Å². The second-order valence-corrected chi connectivity index (χ2v) is 11.6. The number of rotatable bonds is 11. The minimum absolute atomic E-state index is 0.00584. The number of fused-ring (bicyclic) bond motifs is 1. The van der Waals surface area contributed by atoms with Crippen LogP contribution in [0.15, 0.2) is 72.8 Å². The molecular formula is C29H32ClN3O6S. The van der Waals surface area contributed by atoms with Gasteiger partial charge in [0.25, 0.3) is 0 Å². The molecular weight excluding hydrogens is 554 g/mol. The lowest BCUT2D eigenvalue weighted by atomic mass is 10.0. The molecule has 0 saturated heterocycles. The van der Waals surface area contributed by atoms with Crippen LogP contribution in [0.2, 0.25) is 5.02 Å². The second-order valence-electron chi connectivity index (χ2n) is 9.31. The monoisotopic (exact) mass is 585 g/mol. The fraction of sp³-hybridized carbons (Fsp3) is 0.310. The van der Waals surface area contributed by atoms with Crippen LogP contribution in [0.25, 0.3) is 0 Å². The Morgan fingerprint density at radius 3 is 2.33 bits per heavy atom. The molecule has 0 bridgehead atoms. The number of nitrogens with zero attached hydrogens (tertiary/aromatic N) is 2. The van der Waals surface area contributed by atoms with Crippen molar-refractivity contribution in [2.75, 3.05) is 36.9 Å². The summed E-state index contributed by atoms with van der Waals surface area (Å²) in [6.07, 6.45) is 1.26. The van der Waals surface area contributed by atoms with E-state index < -0.39 is 28.5 Å². The van der Waals surface area contributed by atoms with Gasteiger partial charge in [-0.1, -0.05) is 60.1 Å². The number of ether oxygens (including phenoxy) is 2. The van der Waals surface area contributed by atoms with Gasteiger partial charge in [-0.2, -0.15) is 0 Å². The number of carbonyl (C=O) groups is 2. The van der Waals surface area contributed by atoms with Crippen molar-refractivity contribution in [3.8, 4) is 11.5 Å². The van der Waals surface area contributed by atoms with Crippen LogP contribution in [0.5, 0.6) is 11.5 Å². The molecule has 1 atom stereocenters. The number of sulfonamides is 1. The Kier molecular flexibility index (Phi) is 9.54. The van der Waals surface area contributed by atoms with Crippen LogP contribution in [-0.2, 0) is 32.6 Å². The largest absolute Gasteiger partial charge is 0.486 e. The standard InChI is InChI=1S/C29H32ClN3O6S/c1-3-31-29(35)25(17-21-9-5-4-6-10-21)32(19-22-11-7-8-12-24(22)30)28(34)20-33(40(2,36)37)23-13-14-26-27(18-23)39-16-15-38-26/h4-14,18,25H,3,15-17,19-20H2,1-2H3,(H,31,35)/t25-/m0/s1. The Morgan fingerprint density at radius 1 is 0.975 bits per heavy atom. The van der Waals surface area contributed by atoms with Crippen molar-refractivity contribution in [2.45, 2.75) is 25.9 Å². The van der Waals surface area contributed by atoms with E-state index >= 15 is 0 Å². The fourth-order valence-corrected chi connectivity index (χ4v) is 5.49. The quantitative estimate of drug-likeness (QED) is 0.368. The molecule has 9 nitrogen and oxygen atoms in total. The predicted octanol–water partition coefficient (Wildman–Crippen LogP) is 3.65. The Morgan fingerprint density at radius 2 is 1.65 bits per heavy atom. The zero-order valence-electron chi connectivity index (χ0n) is 22.4. The van der Waals surface area contributed by atoms with Crippen molar-refractivity contribution in [1.29, 1.82) is 0 Å². The van der Waals surface area contributed by atoms with E-state index in [0.717, 1.165) is 16.1 Å². The SMILES string of the molecule is CCNC(=O)[C@H](Cc1ccccc1)N(Cc1ccccc1Cl)C(=O)CN(c1ccc2c(c1)OCCO2)S(C)(=O)=O. The lowest BCUT2D eigenvalue weighted by molar-refractivity contribution is -0.140. The second kappa shape index (κ2) is 13.1. The first-order valence-electron chi connectivity index (χ1n) is 12.9. The van der Waals surface area contributed by atoms with Crippen molar-refractivity contribution >= 4 is 39.1 Å². The molecule has 212 valence electrons. The molecule has 4 rings (SSSR count). The average Bonchev–Trinajstić information content (AvgIpc) is 2.94. The van der Waals surface area contributed by atoms with Crippen LogP contribution in [0.3, 0.4) is 0 Å². The molecule has 0 fully saturated rings. The van der Waals surface area contributed by atoms with Crippen LogP contribution >= 0.6 is 11.6 Å². The summed E-state index contributed by atoms with van der Waals surface area (Å²) in [6.45, 7) is 2.35. The number of anilines is 1. The van der Waals surface area contributed by atoms with Crippen LogP contribution in [-0.4, -0.2) is 63.7 Å². The summed E-state index contributed by atoms with van der Waals surface area (Å²) in [4.78, 5) is 28.8. The van der Waals surface area contributed by atoms with Gasteiger partial charge in [-0.25, -0.2) is 8.42 Å². The number of hydrogen-bond donors (Lipinski definition) is 1. The molecule has 1 heterocycles. The zero-order valence-corrected chi connectivity index (χ0v) is 24.0. The third kappa shape index (κ3) is 7.25. The van der Waals surface area contributed by atoms with Gasteiger partial charge >= 0.3 is 0 Å². The maximum Gasteiger partial charge on any atom is 0.244 e. The number of carbonyl (C=O) groups excluding carboxylic acids is 2. The maximum atomic E-state index is 14.1. The number of hydrogen-bond acceptors (Lipinski definition) is 6. The molecule has 1 N–H and O–H groups in total. The highest BCUT2D eigenvalue weighted by atomic mass is 35.5. The van der Waals surface area contributed by atoms with Gasteiger partial charge in [0.05, 0.1) is 11.9 Å². The molecule has 1 aliphatic heterocycles. The molecule has 0 unspecified atom stereocenters. The summed E-state index contributed by atoms with van der Waals surface area (Å²) in [5, 5.41) is 3.25. The number of amides is 2. The molecule has 40 heavy (non-hydrogen) atoms. The van der Waals surface area contributed by atoms with Crippen LogP contribution in [0.1, 0.15) is 18.1 Å². The van der Waals surface area contributed by atoms with Gasteiger partial charge in [0.1, 0.15) is 25.8 Å². The summed E-state index contributed by atoms with van der Waals surface area (Å²) in [5.41, 5.74) is 1.73. The number of halogens is 1. The Bertz CT molecular complexity index is 1450. The lowest BCUT2D eigenvalue weighted by Crippen LogP contribution is -2.53. The topological polar surface area (TPSA) is 105 Å². The molecule has 1 aliphatic rings. The van der Waals surface area contributed by atoms with E-state index in [0.29, 0.717) is 41.8 Å². The highest BCUT2D eigenvalue weighted by Gasteiger charge is 2.33. The zero-order chi connectivity index (χ0) is 28.7. The fourth-order valence-electron chi connectivity index (χ4n) is 4.46. The van der Waals surface area contributed by atoms with Crippen LogP contribution in [0.4, 0.5) is 5.69 Å². The van der Waals surface area contributed by atoms with Crippen LogP contribution in [0, 0.1) is 0 Å². The van der Waals surface area contributed by atoms with Crippen molar-refractivity contribution in [3.63, 3.8) is 0 Å². The average molecular weight is 586 g/mol. The van der Waals surface area contributed by atoms with Crippen LogP contribution < -0.4 is 19.1 Å². The summed E-state index contributed by atoms with van der Waals surface area (Å²) in [5.74, 6) is -0.0271. The van der Waals surface area contributed by atoms with E-state index in [1.165, 1.54) is 11.0 Å². The van der Waals surface area contributed by atoms with Crippen molar-refractivity contribution < 1.29 is 27.5 Å². The number of benzene rings is 3. The van der Waals surface area contributed by atoms with Crippen molar-refractivity contribution in [3.05, 3.63) is 88.9 Å². The van der Waals surface area contributed by atoms with E-state index in [2.05, 4.69) is 5.32 Å². The van der Waals surface area contributed by atoms with Gasteiger partial charge in [0, 0.05) is 30.6 Å². The summed E-state index contributed by atoms with van der Waals surface area (Å²) >= 11 is 6.45. The number of likely N-dealkylation sites (N-methyl/N-ethyl adjacent to an activating group) is 1. The number of nitrogens with one attached hydrogen (secondary N) is 1. The molecule has 3 aromatic carbocycles. The smallest absolute Gasteiger partial charge is 0.244 e. The van der Waals surface area contributed by atoms with Gasteiger partial charge in [0.15, 0.2) is 11.5 Å². The normalized spacial score (nSPS) is 13.3. The molecule has 11 heteroatoms. The molecule has 2 amide bonds. The first-order chi connectivity index (χ1) is 19.2. The summed E-state index contributed by atoms with van der Waals surface area (Å²) in [6, 6.07) is 20.2. The van der Waals surface area contributed by atoms with Crippen molar-refractivity contribution in [1.82, 2.24) is 10.2 Å². The molecule has 0 aromatic heterocycles. The lowest BCUT2D eigenvalue weighted by Gasteiger charge is -2.33. The van der Waals surface area contributed by atoms with E-state index in [1.54, 1.807) is 43.3 Å². The highest BCUT2D eigenvalue weighted by Crippen LogP contribution is 2.35. The molecule has 0 radical (unpaired) electrons. The highest BCUT2D eigenvalue weighted by molar-refractivity contribution is 7.92. The maximum absolute atomic E-state index is 14.1. The van der Waals surface area contributed by atoms with E-state index in [1.807, 2.05) is 30.3 Å². The summed E-state index contributed by atoms with van der Waals surface area (Å²) < 4.78 is 38.1. The Balaban J connectivity index is 1.72. The van der Waals surface area contributed by atoms with E-state index in [-0.39, 0.29) is 24.6 Å². The predicted molar refractivity (Wildman–Crippen MR) is 154 cm³/mol. The van der Waals surface area contributed by atoms with E-state index in [9.17, 15) is 18.0 Å². The van der Waals surface area contributed by atoms with Crippen molar-refractivity contribution in [2.24, 2.45) is 0 Å². The third-order valence-corrected chi connectivity index (χ3v) is 7.92.